The van der Waals surface area contributed by atoms with E-state index in [0.717, 1.165) is 47.2 Å². The molecule has 0 amide bonds. The number of aryl methyl sites for hydroxylation is 1. The van der Waals surface area contributed by atoms with Crippen molar-refractivity contribution in [2.24, 2.45) is 0 Å². The van der Waals surface area contributed by atoms with Crippen LogP contribution in [0.25, 0.3) is 10.2 Å². The van der Waals surface area contributed by atoms with Gasteiger partial charge in [0.05, 0.1) is 15.2 Å². The van der Waals surface area contributed by atoms with Crippen LogP contribution in [-0.4, -0.2) is 53.0 Å². The quantitative estimate of drug-likeness (QED) is 0.902. The van der Waals surface area contributed by atoms with Crippen molar-refractivity contribution in [2.45, 2.75) is 32.6 Å². The van der Waals surface area contributed by atoms with Gasteiger partial charge in [-0.1, -0.05) is 0 Å². The molecule has 22 heavy (non-hydrogen) atoms. The minimum Gasteiger partial charge on any atom is -0.470 e. The number of hydrogen-bond donors (Lipinski definition) is 2. The number of fused-ring (bicyclic) bond motifs is 1. The zero-order valence-corrected chi connectivity index (χ0v) is 14.1. The molecule has 1 aliphatic rings. The van der Waals surface area contributed by atoms with Crippen molar-refractivity contribution in [3.63, 3.8) is 0 Å². The van der Waals surface area contributed by atoms with Crippen molar-refractivity contribution in [1.82, 2.24) is 15.2 Å². The monoisotopic (exact) mass is 321 g/mol. The van der Waals surface area contributed by atoms with Crippen molar-refractivity contribution in [1.29, 1.82) is 0 Å². The SMILES string of the molecule is Cc1nc2cc(OC(C)(C(C)O)N3CCNCC3)ccc2s1. The summed E-state index contributed by atoms with van der Waals surface area (Å²) in [5.41, 5.74) is 0.217. The van der Waals surface area contributed by atoms with E-state index < -0.39 is 11.8 Å². The summed E-state index contributed by atoms with van der Waals surface area (Å²) in [6, 6.07) is 5.96. The molecule has 1 aromatic heterocycles. The maximum atomic E-state index is 10.3. The molecule has 0 bridgehead atoms. The molecule has 0 aliphatic carbocycles. The number of hydrogen-bond acceptors (Lipinski definition) is 6. The predicted octanol–water partition coefficient (Wildman–Crippen LogP) is 1.99. The lowest BCUT2D eigenvalue weighted by Gasteiger charge is -2.45. The summed E-state index contributed by atoms with van der Waals surface area (Å²) in [5.74, 6) is 0.750. The first-order valence-electron chi connectivity index (χ1n) is 7.69. The Labute approximate surface area is 134 Å². The van der Waals surface area contributed by atoms with Crippen LogP contribution in [0.2, 0.25) is 0 Å². The lowest BCUT2D eigenvalue weighted by Crippen LogP contribution is -2.62. The van der Waals surface area contributed by atoms with Crippen LogP contribution in [0, 0.1) is 6.92 Å². The van der Waals surface area contributed by atoms with E-state index in [4.69, 9.17) is 4.74 Å². The van der Waals surface area contributed by atoms with Crippen LogP contribution in [0.5, 0.6) is 5.75 Å². The normalized spacial score (nSPS) is 20.7. The smallest absolute Gasteiger partial charge is 0.186 e. The maximum Gasteiger partial charge on any atom is 0.186 e. The van der Waals surface area contributed by atoms with Gasteiger partial charge in [0.2, 0.25) is 0 Å². The van der Waals surface area contributed by atoms with Gasteiger partial charge < -0.3 is 15.2 Å². The van der Waals surface area contributed by atoms with Crippen LogP contribution in [0.1, 0.15) is 18.9 Å². The van der Waals surface area contributed by atoms with E-state index in [0.29, 0.717) is 0 Å². The number of rotatable bonds is 4. The van der Waals surface area contributed by atoms with E-state index >= 15 is 0 Å². The van der Waals surface area contributed by atoms with Gasteiger partial charge in [-0.2, -0.15) is 0 Å². The molecule has 3 rings (SSSR count). The van der Waals surface area contributed by atoms with Gasteiger partial charge in [-0.15, -0.1) is 11.3 Å². The van der Waals surface area contributed by atoms with Gasteiger partial charge in [-0.3, -0.25) is 4.90 Å². The lowest BCUT2D eigenvalue weighted by molar-refractivity contribution is -0.145. The van der Waals surface area contributed by atoms with E-state index in [1.54, 1.807) is 18.3 Å². The standard InChI is InChI=1S/C16H23N3O2S/c1-11(20)16(3,19-8-6-17-7-9-19)21-13-4-5-15-14(10-13)18-12(2)22-15/h4-5,10-11,17,20H,6-9H2,1-3H3. The molecule has 1 aromatic carbocycles. The Kier molecular flexibility index (Phi) is 4.36. The molecule has 0 saturated carbocycles. The van der Waals surface area contributed by atoms with E-state index in [2.05, 4.69) is 15.2 Å². The Hall–Kier alpha value is -1.21. The third-order valence-corrected chi connectivity index (χ3v) is 5.26. The number of ether oxygens (including phenoxy) is 1. The Bertz CT molecular complexity index is 652. The molecule has 2 N–H and O–H groups in total. The Morgan fingerprint density at radius 1 is 1.41 bits per heavy atom. The number of thiazole rings is 1. The fourth-order valence-electron chi connectivity index (χ4n) is 2.85. The van der Waals surface area contributed by atoms with Gasteiger partial charge in [0, 0.05) is 32.2 Å². The molecule has 0 spiro atoms. The Morgan fingerprint density at radius 2 is 2.14 bits per heavy atom. The van der Waals surface area contributed by atoms with Gasteiger partial charge in [-0.05, 0) is 32.9 Å². The number of nitrogens with one attached hydrogen (secondary N) is 1. The predicted molar refractivity (Wildman–Crippen MR) is 89.5 cm³/mol. The minimum atomic E-state index is -0.735. The van der Waals surface area contributed by atoms with E-state index in [9.17, 15) is 5.11 Å². The summed E-state index contributed by atoms with van der Waals surface area (Å²) in [4.78, 5) is 6.71. The zero-order valence-electron chi connectivity index (χ0n) is 13.3. The highest BCUT2D eigenvalue weighted by Crippen LogP contribution is 2.30. The number of aromatic nitrogens is 1. The van der Waals surface area contributed by atoms with E-state index in [1.165, 1.54) is 0 Å². The molecular weight excluding hydrogens is 298 g/mol. The fourth-order valence-corrected chi connectivity index (χ4v) is 3.65. The third-order valence-electron chi connectivity index (χ3n) is 4.31. The largest absolute Gasteiger partial charge is 0.470 e. The average molecular weight is 321 g/mol. The van der Waals surface area contributed by atoms with Crippen LogP contribution in [0.3, 0.4) is 0 Å². The number of benzene rings is 1. The average Bonchev–Trinajstić information content (AvgIpc) is 2.87. The first-order valence-corrected chi connectivity index (χ1v) is 8.51. The van der Waals surface area contributed by atoms with Crippen LogP contribution in [0.4, 0.5) is 0 Å². The molecule has 1 aliphatic heterocycles. The Morgan fingerprint density at radius 3 is 2.82 bits per heavy atom. The van der Waals surface area contributed by atoms with Crippen molar-refractivity contribution in [3.8, 4) is 5.75 Å². The van der Waals surface area contributed by atoms with Crippen molar-refractivity contribution < 1.29 is 9.84 Å². The second-order valence-corrected chi connectivity index (χ2v) is 7.17. The van der Waals surface area contributed by atoms with E-state index in [-0.39, 0.29) is 0 Å². The number of aliphatic hydroxyl groups excluding tert-OH is 1. The second kappa shape index (κ2) is 6.12. The molecule has 1 saturated heterocycles. The third kappa shape index (κ3) is 2.96. The maximum absolute atomic E-state index is 10.3. The molecule has 1 fully saturated rings. The summed E-state index contributed by atoms with van der Waals surface area (Å²) in [5, 5.41) is 14.7. The van der Waals surface area contributed by atoms with Crippen LogP contribution in [-0.2, 0) is 0 Å². The minimum absolute atomic E-state index is 0.599. The molecule has 0 radical (unpaired) electrons. The second-order valence-electron chi connectivity index (χ2n) is 5.93. The summed E-state index contributed by atoms with van der Waals surface area (Å²) < 4.78 is 7.39. The van der Waals surface area contributed by atoms with Crippen molar-refractivity contribution >= 4 is 21.6 Å². The topological polar surface area (TPSA) is 57.6 Å². The fraction of sp³-hybridized carbons (Fsp3) is 0.562. The van der Waals surface area contributed by atoms with Gasteiger partial charge in [-0.25, -0.2) is 4.98 Å². The first kappa shape index (κ1) is 15.7. The summed E-state index contributed by atoms with van der Waals surface area (Å²) in [7, 11) is 0. The van der Waals surface area contributed by atoms with Crippen molar-refractivity contribution in [2.75, 3.05) is 26.2 Å². The van der Waals surface area contributed by atoms with Crippen LogP contribution in [0.15, 0.2) is 18.2 Å². The molecule has 2 unspecified atom stereocenters. The summed E-state index contributed by atoms with van der Waals surface area (Å²) >= 11 is 1.68. The van der Waals surface area contributed by atoms with Gasteiger partial charge >= 0.3 is 0 Å². The van der Waals surface area contributed by atoms with Gasteiger partial charge in [0.15, 0.2) is 5.72 Å². The van der Waals surface area contributed by atoms with Gasteiger partial charge in [0.1, 0.15) is 11.9 Å². The number of piperazine rings is 1. The van der Waals surface area contributed by atoms with Gasteiger partial charge in [0.25, 0.3) is 0 Å². The molecule has 120 valence electrons. The van der Waals surface area contributed by atoms with Crippen LogP contribution < -0.4 is 10.1 Å². The summed E-state index contributed by atoms with van der Waals surface area (Å²) in [6.07, 6.45) is -0.599. The van der Waals surface area contributed by atoms with E-state index in [1.807, 2.05) is 32.0 Å². The molecule has 2 heterocycles. The highest BCUT2D eigenvalue weighted by molar-refractivity contribution is 7.18. The first-order chi connectivity index (χ1) is 10.5. The summed E-state index contributed by atoms with van der Waals surface area (Å²) in [6.45, 7) is 9.30. The molecular formula is C16H23N3O2S. The highest BCUT2D eigenvalue weighted by Gasteiger charge is 2.39. The highest BCUT2D eigenvalue weighted by atomic mass is 32.1. The van der Waals surface area contributed by atoms with Crippen molar-refractivity contribution in [3.05, 3.63) is 23.2 Å². The zero-order chi connectivity index (χ0) is 15.7. The molecule has 2 atom stereocenters. The number of nitrogens with zero attached hydrogens (tertiary/aromatic N) is 2. The number of aliphatic hydroxyl groups is 1. The Balaban J connectivity index is 1.87. The molecule has 6 heteroatoms. The lowest BCUT2D eigenvalue weighted by atomic mass is 10.1. The molecule has 2 aromatic rings. The molecule has 5 nitrogen and oxygen atoms in total. The van der Waals surface area contributed by atoms with Crippen LogP contribution >= 0.6 is 11.3 Å².